The number of aliphatic hydroxyl groups is 1. The maximum atomic E-state index is 12.5. The molecule has 0 radical (unpaired) electrons. The summed E-state index contributed by atoms with van der Waals surface area (Å²) in [7, 11) is 0. The Hall–Kier alpha value is -2.79. The number of para-hydroxylation sites is 2. The highest BCUT2D eigenvalue weighted by atomic mass is 16.5. The minimum atomic E-state index is -0.461. The van der Waals surface area contributed by atoms with E-state index in [0.717, 1.165) is 11.1 Å². The third-order valence-corrected chi connectivity index (χ3v) is 3.88. The molecule has 0 aliphatic heterocycles. The van der Waals surface area contributed by atoms with Crippen molar-refractivity contribution in [2.75, 3.05) is 6.54 Å². The first-order valence-electron chi connectivity index (χ1n) is 8.29. The Labute approximate surface area is 146 Å². The second-order valence-electron chi connectivity index (χ2n) is 5.90. The van der Waals surface area contributed by atoms with Crippen LogP contribution in [-0.2, 0) is 6.61 Å². The highest BCUT2D eigenvalue weighted by molar-refractivity contribution is 5.99. The summed E-state index contributed by atoms with van der Waals surface area (Å²) in [4.78, 5) is 12.5. The number of nitrogens with one attached hydrogen (secondary N) is 1. The van der Waals surface area contributed by atoms with Crippen molar-refractivity contribution in [3.8, 4) is 5.75 Å². The largest absolute Gasteiger partial charge is 0.489 e. The fourth-order valence-corrected chi connectivity index (χ4v) is 2.57. The molecule has 130 valence electrons. The van der Waals surface area contributed by atoms with Crippen molar-refractivity contribution in [3.63, 3.8) is 0 Å². The summed E-state index contributed by atoms with van der Waals surface area (Å²) in [5.74, 6) is 0.680. The highest BCUT2D eigenvalue weighted by Gasteiger charge is 2.20. The van der Waals surface area contributed by atoms with E-state index < -0.39 is 6.10 Å². The monoisotopic (exact) mass is 339 g/mol. The number of aliphatic hydroxyl groups excluding tert-OH is 1. The number of fused-ring (bicyclic) bond motifs is 1. The van der Waals surface area contributed by atoms with Crippen LogP contribution < -0.4 is 10.1 Å². The highest BCUT2D eigenvalue weighted by Crippen LogP contribution is 2.27. The van der Waals surface area contributed by atoms with E-state index in [4.69, 9.17) is 9.15 Å². The third-order valence-electron chi connectivity index (χ3n) is 3.88. The molecule has 0 saturated heterocycles. The van der Waals surface area contributed by atoms with Gasteiger partial charge < -0.3 is 19.6 Å². The number of hydrogen-bond acceptors (Lipinski definition) is 4. The van der Waals surface area contributed by atoms with Gasteiger partial charge in [-0.15, -0.1) is 0 Å². The number of benzene rings is 2. The van der Waals surface area contributed by atoms with Crippen LogP contribution in [0.4, 0.5) is 0 Å². The van der Waals surface area contributed by atoms with Crippen molar-refractivity contribution >= 4 is 16.9 Å². The predicted molar refractivity (Wildman–Crippen MR) is 95.6 cm³/mol. The van der Waals surface area contributed by atoms with Gasteiger partial charge in [0, 0.05) is 17.5 Å². The van der Waals surface area contributed by atoms with E-state index in [0.29, 0.717) is 24.1 Å². The van der Waals surface area contributed by atoms with Crippen LogP contribution in [0.25, 0.3) is 11.0 Å². The molecule has 5 nitrogen and oxygen atoms in total. The number of furan rings is 1. The lowest BCUT2D eigenvalue weighted by atomic mass is 10.1. The Kier molecular flexibility index (Phi) is 5.36. The third kappa shape index (κ3) is 4.19. The Morgan fingerprint density at radius 2 is 1.88 bits per heavy atom. The average molecular weight is 339 g/mol. The van der Waals surface area contributed by atoms with Crippen LogP contribution in [0.5, 0.6) is 5.75 Å². The molecule has 1 atom stereocenters. The molecule has 0 aliphatic carbocycles. The number of rotatable bonds is 7. The minimum absolute atomic E-state index is 0.236. The lowest BCUT2D eigenvalue weighted by molar-refractivity contribution is 0.0916. The van der Waals surface area contributed by atoms with Gasteiger partial charge in [-0.2, -0.15) is 0 Å². The molecule has 2 N–H and O–H groups in total. The molecule has 3 aromatic rings. The number of hydrogen-bond donors (Lipinski definition) is 2. The molecule has 25 heavy (non-hydrogen) atoms. The Morgan fingerprint density at radius 1 is 1.16 bits per heavy atom. The summed E-state index contributed by atoms with van der Waals surface area (Å²) in [5.41, 5.74) is 1.36. The van der Waals surface area contributed by atoms with Gasteiger partial charge in [-0.3, -0.25) is 4.79 Å². The van der Waals surface area contributed by atoms with Crippen molar-refractivity contribution in [2.24, 2.45) is 0 Å². The molecule has 1 amide bonds. The van der Waals surface area contributed by atoms with Crippen LogP contribution in [0.15, 0.2) is 59.0 Å². The molecular formula is C20H21NO4. The van der Waals surface area contributed by atoms with Crippen molar-refractivity contribution < 1.29 is 19.1 Å². The van der Waals surface area contributed by atoms with E-state index in [1.54, 1.807) is 6.92 Å². The number of amides is 1. The van der Waals surface area contributed by atoms with Crippen molar-refractivity contribution in [1.82, 2.24) is 5.32 Å². The number of carbonyl (C=O) groups is 1. The normalized spacial score (nSPS) is 12.1. The van der Waals surface area contributed by atoms with Crippen LogP contribution in [0.1, 0.15) is 29.5 Å². The fourth-order valence-electron chi connectivity index (χ4n) is 2.57. The first kappa shape index (κ1) is 17.0. The smallest absolute Gasteiger partial charge is 0.287 e. The van der Waals surface area contributed by atoms with Crippen LogP contribution in [0, 0.1) is 0 Å². The molecule has 0 aliphatic rings. The van der Waals surface area contributed by atoms with Gasteiger partial charge in [-0.05, 0) is 31.5 Å². The summed E-state index contributed by atoms with van der Waals surface area (Å²) < 4.78 is 11.6. The second kappa shape index (κ2) is 7.85. The zero-order valence-corrected chi connectivity index (χ0v) is 14.1. The molecule has 5 heteroatoms. The summed E-state index contributed by atoms with van der Waals surface area (Å²) in [6.45, 7) is 2.30. The van der Waals surface area contributed by atoms with Gasteiger partial charge in [0.2, 0.25) is 0 Å². The lowest BCUT2D eigenvalue weighted by Gasteiger charge is -2.08. The van der Waals surface area contributed by atoms with Gasteiger partial charge in [0.25, 0.3) is 5.91 Å². The van der Waals surface area contributed by atoms with E-state index in [2.05, 4.69) is 5.32 Å². The number of carbonyl (C=O) groups excluding carboxylic acids is 1. The fraction of sp³-hybridized carbons (Fsp3) is 0.250. The summed E-state index contributed by atoms with van der Waals surface area (Å²) in [5, 5.41) is 13.0. The second-order valence-corrected chi connectivity index (χ2v) is 5.90. The summed E-state index contributed by atoms with van der Waals surface area (Å²) >= 11 is 0. The van der Waals surface area contributed by atoms with E-state index >= 15 is 0 Å². The van der Waals surface area contributed by atoms with Crippen molar-refractivity contribution in [1.29, 1.82) is 0 Å². The van der Waals surface area contributed by atoms with Gasteiger partial charge in [-0.1, -0.05) is 36.4 Å². The minimum Gasteiger partial charge on any atom is -0.489 e. The molecule has 0 bridgehead atoms. The molecule has 0 saturated carbocycles. The molecule has 3 rings (SSSR count). The van der Waals surface area contributed by atoms with E-state index in [9.17, 15) is 9.90 Å². The van der Waals surface area contributed by atoms with Crippen molar-refractivity contribution in [2.45, 2.75) is 26.1 Å². The Morgan fingerprint density at radius 3 is 2.64 bits per heavy atom. The Bertz CT molecular complexity index is 839. The van der Waals surface area contributed by atoms with Gasteiger partial charge in [0.05, 0.1) is 6.10 Å². The summed E-state index contributed by atoms with van der Waals surface area (Å²) in [6.07, 6.45) is 0.0267. The standard InChI is InChI=1S/C20H21NO4/c1-14(22)11-12-21-20(23)19-17(13-24-15-7-3-2-4-8-15)16-9-5-6-10-18(16)25-19/h2-10,14,22H,11-13H2,1H3,(H,21,23). The van der Waals surface area contributed by atoms with Gasteiger partial charge in [0.15, 0.2) is 5.76 Å². The van der Waals surface area contributed by atoms with Crippen LogP contribution in [0.2, 0.25) is 0 Å². The average Bonchev–Trinajstić information content (AvgIpc) is 2.99. The van der Waals surface area contributed by atoms with E-state index in [-0.39, 0.29) is 18.3 Å². The lowest BCUT2D eigenvalue weighted by Crippen LogP contribution is -2.27. The molecule has 1 unspecified atom stereocenters. The molecular weight excluding hydrogens is 318 g/mol. The van der Waals surface area contributed by atoms with Crippen molar-refractivity contribution in [3.05, 3.63) is 65.9 Å². The molecule has 1 aromatic heterocycles. The molecule has 1 heterocycles. The SMILES string of the molecule is CC(O)CCNC(=O)c1oc2ccccc2c1COc1ccccc1. The van der Waals surface area contributed by atoms with E-state index in [1.165, 1.54) is 0 Å². The maximum Gasteiger partial charge on any atom is 0.287 e. The maximum absolute atomic E-state index is 12.5. The van der Waals surface area contributed by atoms with Crippen LogP contribution in [-0.4, -0.2) is 23.7 Å². The zero-order chi connectivity index (χ0) is 17.6. The van der Waals surface area contributed by atoms with Gasteiger partial charge in [0.1, 0.15) is 17.9 Å². The van der Waals surface area contributed by atoms with Gasteiger partial charge >= 0.3 is 0 Å². The predicted octanol–water partition coefficient (Wildman–Crippen LogP) is 3.51. The van der Waals surface area contributed by atoms with E-state index in [1.807, 2.05) is 54.6 Å². The first-order chi connectivity index (χ1) is 12.1. The van der Waals surface area contributed by atoms with Crippen LogP contribution in [0.3, 0.4) is 0 Å². The van der Waals surface area contributed by atoms with Gasteiger partial charge in [-0.25, -0.2) is 0 Å². The molecule has 2 aromatic carbocycles. The Balaban J connectivity index is 1.82. The quantitative estimate of drug-likeness (QED) is 0.691. The first-order valence-corrected chi connectivity index (χ1v) is 8.29. The van der Waals surface area contributed by atoms with Crippen LogP contribution >= 0.6 is 0 Å². The summed E-state index contributed by atoms with van der Waals surface area (Å²) in [6, 6.07) is 16.9. The molecule has 0 fully saturated rings. The topological polar surface area (TPSA) is 71.7 Å². The zero-order valence-electron chi connectivity index (χ0n) is 14.1. The number of ether oxygens (including phenoxy) is 1. The molecule has 0 spiro atoms.